The van der Waals surface area contributed by atoms with Gasteiger partial charge in [0.2, 0.25) is 0 Å². The molecule has 1 unspecified atom stereocenters. The Kier molecular flexibility index (Phi) is 7.36. The van der Waals surface area contributed by atoms with Crippen molar-refractivity contribution >= 4 is 35.0 Å². The Labute approximate surface area is 118 Å². The van der Waals surface area contributed by atoms with Gasteiger partial charge in [-0.3, -0.25) is 0 Å². The first-order valence-electron chi connectivity index (χ1n) is 5.83. The van der Waals surface area contributed by atoms with Gasteiger partial charge >= 0.3 is 0 Å². The van der Waals surface area contributed by atoms with Gasteiger partial charge in [-0.25, -0.2) is 0 Å². The van der Waals surface area contributed by atoms with E-state index in [0.717, 1.165) is 30.2 Å². The molecule has 4 heteroatoms. The zero-order valence-corrected chi connectivity index (χ0v) is 12.6. The van der Waals surface area contributed by atoms with Crippen LogP contribution in [-0.4, -0.2) is 24.6 Å². The first-order chi connectivity index (χ1) is 8.17. The monoisotopic (exact) mass is 291 g/mol. The average Bonchev–Trinajstić information content (AvgIpc) is 2.29. The van der Waals surface area contributed by atoms with E-state index in [1.165, 1.54) is 5.56 Å². The zero-order valence-electron chi connectivity index (χ0n) is 10.3. The molecule has 0 radical (unpaired) electrons. The molecule has 0 heterocycles. The van der Waals surface area contributed by atoms with E-state index in [2.05, 4.69) is 18.5 Å². The van der Waals surface area contributed by atoms with Gasteiger partial charge in [0.05, 0.1) is 0 Å². The van der Waals surface area contributed by atoms with Crippen molar-refractivity contribution in [3.63, 3.8) is 0 Å². The predicted octanol–water partition coefficient (Wildman–Crippen LogP) is 4.27. The maximum absolute atomic E-state index is 6.19. The molecule has 1 nitrogen and oxygen atoms in total. The van der Waals surface area contributed by atoms with Gasteiger partial charge in [-0.05, 0) is 43.3 Å². The van der Waals surface area contributed by atoms with Crippen molar-refractivity contribution in [2.24, 2.45) is 0 Å². The molecule has 1 atom stereocenters. The fraction of sp³-hybridized carbons (Fsp3) is 0.538. The molecule has 0 amide bonds. The van der Waals surface area contributed by atoms with Crippen molar-refractivity contribution < 1.29 is 0 Å². The molecule has 1 aromatic carbocycles. The van der Waals surface area contributed by atoms with E-state index < -0.39 is 0 Å². The molecule has 1 aromatic rings. The van der Waals surface area contributed by atoms with Gasteiger partial charge in [0, 0.05) is 21.8 Å². The van der Waals surface area contributed by atoms with Crippen LogP contribution in [0.25, 0.3) is 0 Å². The normalized spacial score (nSPS) is 12.7. The standard InChI is InChI=1S/C13H19Cl2NS/c1-3-6-16-12(9-17-2)7-10-4-5-11(14)8-13(10)15/h4-5,8,12,16H,3,6-7,9H2,1-2H3. The third-order valence-electron chi connectivity index (χ3n) is 2.53. The van der Waals surface area contributed by atoms with Crippen molar-refractivity contribution in [3.05, 3.63) is 33.8 Å². The Morgan fingerprint density at radius 1 is 1.35 bits per heavy atom. The van der Waals surface area contributed by atoms with Crippen molar-refractivity contribution in [1.82, 2.24) is 5.32 Å². The molecular weight excluding hydrogens is 273 g/mol. The molecule has 0 aliphatic rings. The largest absolute Gasteiger partial charge is 0.313 e. The highest BCUT2D eigenvalue weighted by Gasteiger charge is 2.10. The molecule has 0 aliphatic carbocycles. The molecule has 0 spiro atoms. The van der Waals surface area contributed by atoms with Gasteiger partial charge in [-0.1, -0.05) is 36.2 Å². The van der Waals surface area contributed by atoms with E-state index in [1.54, 1.807) is 0 Å². The topological polar surface area (TPSA) is 12.0 Å². The number of thioether (sulfide) groups is 1. The van der Waals surface area contributed by atoms with E-state index in [9.17, 15) is 0 Å². The minimum atomic E-state index is 0.476. The fourth-order valence-electron chi connectivity index (χ4n) is 1.69. The summed E-state index contributed by atoms with van der Waals surface area (Å²) in [5.74, 6) is 1.10. The summed E-state index contributed by atoms with van der Waals surface area (Å²) in [6.45, 7) is 3.23. The second-order valence-electron chi connectivity index (χ2n) is 4.05. The number of halogens is 2. The second kappa shape index (κ2) is 8.25. The first kappa shape index (κ1) is 15.2. The molecule has 0 saturated heterocycles. The molecular formula is C13H19Cl2NS. The van der Waals surface area contributed by atoms with Gasteiger partial charge in [-0.15, -0.1) is 0 Å². The minimum Gasteiger partial charge on any atom is -0.313 e. The van der Waals surface area contributed by atoms with Gasteiger partial charge in [0.15, 0.2) is 0 Å². The molecule has 17 heavy (non-hydrogen) atoms. The van der Waals surface area contributed by atoms with Gasteiger partial charge in [-0.2, -0.15) is 11.8 Å². The second-order valence-corrected chi connectivity index (χ2v) is 5.80. The van der Waals surface area contributed by atoms with Crippen LogP contribution in [0.5, 0.6) is 0 Å². The molecule has 1 rings (SSSR count). The third kappa shape index (κ3) is 5.52. The lowest BCUT2D eigenvalue weighted by molar-refractivity contribution is 0.550. The summed E-state index contributed by atoms with van der Waals surface area (Å²) in [7, 11) is 0. The summed E-state index contributed by atoms with van der Waals surface area (Å²) in [6, 6.07) is 6.21. The van der Waals surface area contributed by atoms with Crippen LogP contribution in [0.3, 0.4) is 0 Å². The Balaban J connectivity index is 2.64. The fourth-order valence-corrected chi connectivity index (χ4v) is 2.82. The lowest BCUT2D eigenvalue weighted by Crippen LogP contribution is -2.34. The minimum absolute atomic E-state index is 0.476. The first-order valence-corrected chi connectivity index (χ1v) is 7.98. The van der Waals surface area contributed by atoms with E-state index >= 15 is 0 Å². The Morgan fingerprint density at radius 2 is 2.12 bits per heavy atom. The lowest BCUT2D eigenvalue weighted by atomic mass is 10.1. The van der Waals surface area contributed by atoms with Crippen LogP contribution in [0.4, 0.5) is 0 Å². The van der Waals surface area contributed by atoms with Gasteiger partial charge < -0.3 is 5.32 Å². The molecule has 0 aliphatic heterocycles. The summed E-state index contributed by atoms with van der Waals surface area (Å²) in [5, 5.41) is 5.01. The quantitative estimate of drug-likeness (QED) is 0.805. The third-order valence-corrected chi connectivity index (χ3v) is 3.85. The van der Waals surface area contributed by atoms with Crippen LogP contribution in [0, 0.1) is 0 Å². The van der Waals surface area contributed by atoms with Crippen molar-refractivity contribution in [2.75, 3.05) is 18.6 Å². The molecule has 0 saturated carbocycles. The number of benzene rings is 1. The molecule has 0 fully saturated rings. The number of rotatable bonds is 7. The van der Waals surface area contributed by atoms with Crippen molar-refractivity contribution in [1.29, 1.82) is 0 Å². The number of hydrogen-bond donors (Lipinski definition) is 1. The van der Waals surface area contributed by atoms with Crippen LogP contribution in [0.2, 0.25) is 10.0 Å². The highest BCUT2D eigenvalue weighted by molar-refractivity contribution is 7.98. The smallest absolute Gasteiger partial charge is 0.0453 e. The lowest BCUT2D eigenvalue weighted by Gasteiger charge is -2.18. The summed E-state index contributed by atoms with van der Waals surface area (Å²) in [4.78, 5) is 0. The molecule has 0 aromatic heterocycles. The summed E-state index contributed by atoms with van der Waals surface area (Å²) < 4.78 is 0. The molecule has 0 bridgehead atoms. The van der Waals surface area contributed by atoms with Crippen molar-refractivity contribution in [3.8, 4) is 0 Å². The summed E-state index contributed by atoms with van der Waals surface area (Å²) >= 11 is 13.9. The molecule has 1 N–H and O–H groups in total. The zero-order chi connectivity index (χ0) is 12.7. The van der Waals surface area contributed by atoms with Crippen molar-refractivity contribution in [2.45, 2.75) is 25.8 Å². The highest BCUT2D eigenvalue weighted by Crippen LogP contribution is 2.22. The number of hydrogen-bond acceptors (Lipinski definition) is 2. The maximum Gasteiger partial charge on any atom is 0.0453 e. The van der Waals surface area contributed by atoms with Crippen LogP contribution in [0.15, 0.2) is 18.2 Å². The van der Waals surface area contributed by atoms with Gasteiger partial charge in [0.25, 0.3) is 0 Å². The van der Waals surface area contributed by atoms with Crippen LogP contribution in [-0.2, 0) is 6.42 Å². The average molecular weight is 292 g/mol. The number of nitrogens with one attached hydrogen (secondary N) is 1. The SMILES string of the molecule is CCCNC(CSC)Cc1ccc(Cl)cc1Cl. The predicted molar refractivity (Wildman–Crippen MR) is 80.6 cm³/mol. The van der Waals surface area contributed by atoms with E-state index in [1.807, 2.05) is 30.0 Å². The van der Waals surface area contributed by atoms with E-state index in [4.69, 9.17) is 23.2 Å². The van der Waals surface area contributed by atoms with E-state index in [-0.39, 0.29) is 0 Å². The van der Waals surface area contributed by atoms with Crippen LogP contribution < -0.4 is 5.32 Å². The summed E-state index contributed by atoms with van der Waals surface area (Å²) in [6.07, 6.45) is 4.24. The van der Waals surface area contributed by atoms with Gasteiger partial charge in [0.1, 0.15) is 0 Å². The Hall–Kier alpha value is 0.110. The van der Waals surface area contributed by atoms with E-state index in [0.29, 0.717) is 11.1 Å². The molecule has 96 valence electrons. The Morgan fingerprint density at radius 3 is 2.71 bits per heavy atom. The van der Waals surface area contributed by atoms with Crippen LogP contribution in [0.1, 0.15) is 18.9 Å². The van der Waals surface area contributed by atoms with Crippen LogP contribution >= 0.6 is 35.0 Å². The Bertz CT molecular complexity index is 344. The summed E-state index contributed by atoms with van der Waals surface area (Å²) in [5.41, 5.74) is 1.17. The highest BCUT2D eigenvalue weighted by atomic mass is 35.5. The maximum atomic E-state index is 6.19.